The van der Waals surface area contributed by atoms with Crippen molar-refractivity contribution in [3.8, 4) is 11.1 Å². The lowest BCUT2D eigenvalue weighted by atomic mass is 9.97. The molecule has 34 heavy (non-hydrogen) atoms. The maximum Gasteiger partial charge on any atom is 0.407 e. The highest BCUT2D eigenvalue weighted by Crippen LogP contribution is 2.44. The molecule has 7 nitrogen and oxygen atoms in total. The number of aliphatic carboxylic acids is 1. The molecule has 1 fully saturated rings. The monoisotopic (exact) mass is 464 g/mol. The molecule has 0 aromatic heterocycles. The number of rotatable bonds is 10. The average molecular weight is 465 g/mol. The molecule has 0 heterocycles. The predicted octanol–water partition coefficient (Wildman–Crippen LogP) is 4.41. The third-order valence-corrected chi connectivity index (χ3v) is 6.93. The van der Waals surface area contributed by atoms with Crippen LogP contribution in [0.3, 0.4) is 0 Å². The van der Waals surface area contributed by atoms with Crippen molar-refractivity contribution in [1.82, 2.24) is 10.2 Å². The third kappa shape index (κ3) is 5.08. The minimum atomic E-state index is -0.942. The summed E-state index contributed by atoms with van der Waals surface area (Å²) in [6.45, 7) is 4.20. The van der Waals surface area contributed by atoms with Crippen molar-refractivity contribution in [1.29, 1.82) is 0 Å². The van der Waals surface area contributed by atoms with Crippen LogP contribution in [0.1, 0.15) is 56.6 Å². The molecular formula is C27H32N2O5. The summed E-state index contributed by atoms with van der Waals surface area (Å²) in [5.41, 5.74) is 4.55. The van der Waals surface area contributed by atoms with Crippen molar-refractivity contribution in [2.45, 2.75) is 57.5 Å². The molecule has 2 aliphatic rings. The fourth-order valence-corrected chi connectivity index (χ4v) is 4.70. The zero-order chi connectivity index (χ0) is 24.2. The van der Waals surface area contributed by atoms with E-state index >= 15 is 0 Å². The van der Waals surface area contributed by atoms with Gasteiger partial charge in [-0.2, -0.15) is 0 Å². The summed E-state index contributed by atoms with van der Waals surface area (Å²) >= 11 is 0. The van der Waals surface area contributed by atoms with Crippen molar-refractivity contribution in [3.63, 3.8) is 0 Å². The Balaban J connectivity index is 1.44. The molecule has 2 N–H and O–H groups in total. The van der Waals surface area contributed by atoms with Crippen LogP contribution in [0.15, 0.2) is 48.5 Å². The van der Waals surface area contributed by atoms with E-state index in [1.54, 1.807) is 4.90 Å². The molecule has 2 atom stereocenters. The highest BCUT2D eigenvalue weighted by molar-refractivity contribution is 5.87. The molecule has 0 unspecified atom stereocenters. The standard InChI is InChI=1S/C27H32N2O5/c1-3-17(2)25(26(32)29(18-12-13-18)15-14-24(30)31)28-27(33)34-16-23-21-10-6-4-8-19(21)20-9-5-7-11-22(20)23/h4-11,17-18,23,25H,3,12-16H2,1-2H3,(H,28,33)(H,30,31)/t17-,25-/m0/s1. The molecule has 0 saturated heterocycles. The highest BCUT2D eigenvalue weighted by atomic mass is 16.5. The van der Waals surface area contributed by atoms with E-state index in [1.807, 2.05) is 38.1 Å². The van der Waals surface area contributed by atoms with E-state index in [-0.39, 0.29) is 43.4 Å². The number of carboxylic acids is 1. The molecule has 2 aromatic rings. The second-order valence-corrected chi connectivity index (χ2v) is 9.24. The van der Waals surface area contributed by atoms with Gasteiger partial charge in [-0.25, -0.2) is 4.79 Å². The Bertz CT molecular complexity index is 1020. The maximum atomic E-state index is 13.3. The highest BCUT2D eigenvalue weighted by Gasteiger charge is 2.38. The molecule has 1 saturated carbocycles. The number of carbonyl (C=O) groups excluding carboxylic acids is 2. The summed E-state index contributed by atoms with van der Waals surface area (Å²) in [6.07, 6.45) is 1.68. The predicted molar refractivity (Wildman–Crippen MR) is 128 cm³/mol. The molecule has 2 aliphatic carbocycles. The number of hydrogen-bond donors (Lipinski definition) is 2. The van der Waals surface area contributed by atoms with Gasteiger partial charge in [0, 0.05) is 18.5 Å². The zero-order valence-electron chi connectivity index (χ0n) is 19.7. The Labute approximate surface area is 200 Å². The number of carboxylic acid groups (broad SMARTS) is 1. The number of hydrogen-bond acceptors (Lipinski definition) is 4. The number of benzene rings is 2. The lowest BCUT2D eigenvalue weighted by molar-refractivity contribution is -0.139. The lowest BCUT2D eigenvalue weighted by Crippen LogP contribution is -2.53. The number of amides is 2. The number of nitrogens with one attached hydrogen (secondary N) is 1. The van der Waals surface area contributed by atoms with Crippen LogP contribution in [0.4, 0.5) is 4.79 Å². The molecular weight excluding hydrogens is 432 g/mol. The van der Waals surface area contributed by atoms with E-state index in [1.165, 1.54) is 0 Å². The SMILES string of the molecule is CC[C@H](C)[C@H](NC(=O)OCC1c2ccccc2-c2ccccc21)C(=O)N(CCC(=O)O)C1CC1. The van der Waals surface area contributed by atoms with Crippen LogP contribution < -0.4 is 5.32 Å². The number of fused-ring (bicyclic) bond motifs is 3. The molecule has 2 amide bonds. The Kier molecular flexibility index (Phi) is 7.20. The minimum absolute atomic E-state index is 0.0581. The van der Waals surface area contributed by atoms with E-state index in [2.05, 4.69) is 29.6 Å². The first-order chi connectivity index (χ1) is 16.4. The third-order valence-electron chi connectivity index (χ3n) is 6.93. The summed E-state index contributed by atoms with van der Waals surface area (Å²) in [6, 6.07) is 15.6. The van der Waals surface area contributed by atoms with Crippen LogP contribution in [0.5, 0.6) is 0 Å². The molecule has 0 bridgehead atoms. The maximum absolute atomic E-state index is 13.3. The normalized spacial score (nSPS) is 16.2. The summed E-state index contributed by atoms with van der Waals surface area (Å²) in [4.78, 5) is 38.8. The average Bonchev–Trinajstić information content (AvgIpc) is 3.63. The molecule has 4 rings (SSSR count). The molecule has 7 heteroatoms. The van der Waals surface area contributed by atoms with Crippen molar-refractivity contribution in [2.24, 2.45) is 5.92 Å². The smallest absolute Gasteiger partial charge is 0.407 e. The van der Waals surface area contributed by atoms with Crippen molar-refractivity contribution >= 4 is 18.0 Å². The Morgan fingerprint density at radius 3 is 2.18 bits per heavy atom. The van der Waals surface area contributed by atoms with Crippen LogP contribution in [0.2, 0.25) is 0 Å². The van der Waals surface area contributed by atoms with Gasteiger partial charge in [-0.15, -0.1) is 0 Å². The molecule has 0 aliphatic heterocycles. The number of alkyl carbamates (subject to hydrolysis) is 1. The van der Waals surface area contributed by atoms with Crippen LogP contribution in [0.25, 0.3) is 11.1 Å². The summed E-state index contributed by atoms with van der Waals surface area (Å²) in [5.74, 6) is -1.34. The van der Waals surface area contributed by atoms with E-state index in [0.29, 0.717) is 6.42 Å². The number of ether oxygens (including phenoxy) is 1. The van der Waals surface area contributed by atoms with Gasteiger partial charge in [0.1, 0.15) is 12.6 Å². The van der Waals surface area contributed by atoms with Gasteiger partial charge in [0.25, 0.3) is 0 Å². The Morgan fingerprint density at radius 2 is 1.65 bits per heavy atom. The first kappa shape index (κ1) is 23.8. The van der Waals surface area contributed by atoms with Crippen LogP contribution in [-0.4, -0.2) is 53.2 Å². The van der Waals surface area contributed by atoms with Crippen LogP contribution in [-0.2, 0) is 14.3 Å². The second-order valence-electron chi connectivity index (χ2n) is 9.24. The van der Waals surface area contributed by atoms with Gasteiger partial charge >= 0.3 is 12.1 Å². The fourth-order valence-electron chi connectivity index (χ4n) is 4.70. The molecule has 2 aromatic carbocycles. The molecule has 0 radical (unpaired) electrons. The van der Waals surface area contributed by atoms with Gasteiger partial charge in [0.05, 0.1) is 6.42 Å². The fraction of sp³-hybridized carbons (Fsp3) is 0.444. The number of carbonyl (C=O) groups is 3. The van der Waals surface area contributed by atoms with E-state index in [9.17, 15) is 14.4 Å². The van der Waals surface area contributed by atoms with Crippen LogP contribution >= 0.6 is 0 Å². The van der Waals surface area contributed by atoms with Gasteiger partial charge in [-0.05, 0) is 41.0 Å². The van der Waals surface area contributed by atoms with Gasteiger partial charge in [0.2, 0.25) is 5.91 Å². The van der Waals surface area contributed by atoms with Crippen LogP contribution in [0, 0.1) is 5.92 Å². The van der Waals surface area contributed by atoms with Crippen molar-refractivity contribution in [3.05, 3.63) is 59.7 Å². The van der Waals surface area contributed by atoms with E-state index < -0.39 is 18.1 Å². The molecule has 0 spiro atoms. The van der Waals surface area contributed by atoms with Crippen molar-refractivity contribution in [2.75, 3.05) is 13.2 Å². The summed E-state index contributed by atoms with van der Waals surface area (Å²) in [7, 11) is 0. The number of nitrogens with zero attached hydrogens (tertiary/aromatic N) is 1. The van der Waals surface area contributed by atoms with Crippen molar-refractivity contribution < 1.29 is 24.2 Å². The van der Waals surface area contributed by atoms with Gasteiger partial charge < -0.3 is 20.1 Å². The van der Waals surface area contributed by atoms with E-state index in [0.717, 1.165) is 35.1 Å². The van der Waals surface area contributed by atoms with Gasteiger partial charge in [-0.1, -0.05) is 68.8 Å². The summed E-state index contributed by atoms with van der Waals surface area (Å²) < 4.78 is 5.65. The largest absolute Gasteiger partial charge is 0.481 e. The molecule has 180 valence electrons. The van der Waals surface area contributed by atoms with E-state index in [4.69, 9.17) is 9.84 Å². The summed E-state index contributed by atoms with van der Waals surface area (Å²) in [5, 5.41) is 11.9. The first-order valence-corrected chi connectivity index (χ1v) is 12.0. The quantitative estimate of drug-likeness (QED) is 0.543. The Hall–Kier alpha value is -3.35. The zero-order valence-corrected chi connectivity index (χ0v) is 19.7. The first-order valence-electron chi connectivity index (χ1n) is 12.0. The minimum Gasteiger partial charge on any atom is -0.481 e. The van der Waals surface area contributed by atoms with Gasteiger partial charge in [0.15, 0.2) is 0 Å². The lowest BCUT2D eigenvalue weighted by Gasteiger charge is -2.30. The second kappa shape index (κ2) is 10.3. The topological polar surface area (TPSA) is 95.9 Å². The Morgan fingerprint density at radius 1 is 1.06 bits per heavy atom. The van der Waals surface area contributed by atoms with Gasteiger partial charge in [-0.3, -0.25) is 9.59 Å².